The Morgan fingerprint density at radius 3 is 1.69 bits per heavy atom. The van der Waals surface area contributed by atoms with Gasteiger partial charge in [0.05, 0.1) is 6.61 Å². The third-order valence-corrected chi connectivity index (χ3v) is 6.45. The van der Waals surface area contributed by atoms with Crippen LogP contribution < -0.4 is 4.74 Å². The topological polar surface area (TPSA) is 44.8 Å². The van der Waals surface area contributed by atoms with Crippen LogP contribution >= 0.6 is 0 Å². The van der Waals surface area contributed by atoms with E-state index in [1.165, 1.54) is 0 Å². The lowest BCUT2D eigenvalue weighted by molar-refractivity contribution is -0.156. The molecular weight excluding hydrogens is 520 g/mol. The molecule has 0 aliphatic rings. The van der Waals surface area contributed by atoms with Crippen molar-refractivity contribution in [3.63, 3.8) is 0 Å². The third kappa shape index (κ3) is 10.1. The van der Waals surface area contributed by atoms with E-state index in [2.05, 4.69) is 72.8 Å². The first kappa shape index (κ1) is 30.3. The molecule has 0 heterocycles. The number of hydrogen-bond donors (Lipinski definition) is 0. The minimum atomic E-state index is -0.601. The van der Waals surface area contributed by atoms with E-state index in [4.69, 9.17) is 14.2 Å². The highest BCUT2D eigenvalue weighted by molar-refractivity contribution is 5.76. The number of hydrogen-bond acceptors (Lipinski definition) is 4. The van der Waals surface area contributed by atoms with Crippen LogP contribution in [0.3, 0.4) is 0 Å². The van der Waals surface area contributed by atoms with E-state index in [0.29, 0.717) is 26.2 Å². The smallest absolute Gasteiger partial charge is 0.335 e. The number of benzene rings is 4. The molecule has 4 heteroatoms. The molecule has 4 nitrogen and oxygen atoms in total. The van der Waals surface area contributed by atoms with Crippen LogP contribution in [0.25, 0.3) is 30.4 Å². The molecule has 0 saturated carbocycles. The summed E-state index contributed by atoms with van der Waals surface area (Å²) in [6.45, 7) is 4.89. The zero-order valence-corrected chi connectivity index (χ0v) is 24.3. The molecule has 0 aliphatic heterocycles. The normalized spacial score (nSPS) is 12.2. The first-order chi connectivity index (χ1) is 20.6. The molecule has 214 valence electrons. The van der Waals surface area contributed by atoms with Crippen molar-refractivity contribution in [1.82, 2.24) is 0 Å². The summed E-state index contributed by atoms with van der Waals surface area (Å²) in [5.41, 5.74) is 6.65. The number of rotatable bonds is 14. The van der Waals surface area contributed by atoms with Crippen LogP contribution in [0.2, 0.25) is 0 Å². The summed E-state index contributed by atoms with van der Waals surface area (Å²) in [7, 11) is 0. The SMILES string of the molecule is CCOC(=O)C(Cc1ccc(OC/C=C/c2cc(/C=C/c3ccccc3)cc(/C=C/c3ccccc3)c2)cc1)OCC. The summed E-state index contributed by atoms with van der Waals surface area (Å²) in [5.74, 6) is 0.432. The highest BCUT2D eigenvalue weighted by atomic mass is 16.6. The molecule has 0 radical (unpaired) electrons. The van der Waals surface area contributed by atoms with Crippen molar-refractivity contribution >= 4 is 36.3 Å². The predicted molar refractivity (Wildman–Crippen MR) is 174 cm³/mol. The van der Waals surface area contributed by atoms with Gasteiger partial charge < -0.3 is 14.2 Å². The second kappa shape index (κ2) is 16.6. The maximum Gasteiger partial charge on any atom is 0.335 e. The largest absolute Gasteiger partial charge is 0.490 e. The van der Waals surface area contributed by atoms with Crippen molar-refractivity contribution in [1.29, 1.82) is 0 Å². The van der Waals surface area contributed by atoms with Crippen molar-refractivity contribution in [2.45, 2.75) is 26.4 Å². The molecule has 1 atom stereocenters. The van der Waals surface area contributed by atoms with Crippen LogP contribution in [0.5, 0.6) is 5.75 Å². The highest BCUT2D eigenvalue weighted by Crippen LogP contribution is 2.19. The van der Waals surface area contributed by atoms with Crippen LogP contribution in [-0.2, 0) is 20.7 Å². The van der Waals surface area contributed by atoms with Crippen molar-refractivity contribution in [3.8, 4) is 5.75 Å². The van der Waals surface area contributed by atoms with E-state index >= 15 is 0 Å². The summed E-state index contributed by atoms with van der Waals surface area (Å²) in [6.07, 6.45) is 12.5. The second-order valence-corrected chi connectivity index (χ2v) is 9.68. The number of esters is 1. The van der Waals surface area contributed by atoms with Gasteiger partial charge in [-0.3, -0.25) is 0 Å². The van der Waals surface area contributed by atoms with Gasteiger partial charge in [-0.05, 0) is 83.6 Å². The van der Waals surface area contributed by atoms with E-state index < -0.39 is 6.10 Å². The Balaban J connectivity index is 1.41. The van der Waals surface area contributed by atoms with Gasteiger partial charge >= 0.3 is 5.97 Å². The molecule has 0 bridgehead atoms. The third-order valence-electron chi connectivity index (χ3n) is 6.45. The van der Waals surface area contributed by atoms with Gasteiger partial charge in [-0.2, -0.15) is 0 Å². The molecule has 42 heavy (non-hydrogen) atoms. The van der Waals surface area contributed by atoms with Gasteiger partial charge in [-0.15, -0.1) is 0 Å². The molecule has 0 fully saturated rings. The lowest BCUT2D eigenvalue weighted by Crippen LogP contribution is -2.28. The standard InChI is InChI=1S/C38H38O4/c1-3-40-37(38(39)41-4-2)29-32-21-23-36(24-22-32)42-25-11-16-33-26-34(19-17-30-12-7-5-8-13-30)28-35(27-33)20-18-31-14-9-6-10-15-31/h5-24,26-28,37H,3-4,25,29H2,1-2H3/b16-11+,19-17+,20-18+. The van der Waals surface area contributed by atoms with Crippen LogP contribution in [0.1, 0.15) is 47.2 Å². The maximum absolute atomic E-state index is 12.2. The van der Waals surface area contributed by atoms with Gasteiger partial charge in [0.25, 0.3) is 0 Å². The summed E-state index contributed by atoms with van der Waals surface area (Å²) in [6, 6.07) is 34.9. The lowest BCUT2D eigenvalue weighted by Gasteiger charge is -2.15. The van der Waals surface area contributed by atoms with Crippen molar-refractivity contribution < 1.29 is 19.0 Å². The van der Waals surface area contributed by atoms with E-state index in [0.717, 1.165) is 39.1 Å². The second-order valence-electron chi connectivity index (χ2n) is 9.68. The number of carbonyl (C=O) groups excluding carboxylic acids is 1. The Hall–Kier alpha value is -4.67. The summed E-state index contributed by atoms with van der Waals surface area (Å²) >= 11 is 0. The van der Waals surface area contributed by atoms with Crippen LogP contribution in [0.4, 0.5) is 0 Å². The average molecular weight is 559 g/mol. The highest BCUT2D eigenvalue weighted by Gasteiger charge is 2.20. The fourth-order valence-corrected chi connectivity index (χ4v) is 4.42. The molecule has 4 aromatic rings. The Morgan fingerprint density at radius 2 is 1.17 bits per heavy atom. The van der Waals surface area contributed by atoms with Gasteiger partial charge in [0.2, 0.25) is 0 Å². The van der Waals surface area contributed by atoms with Crippen molar-refractivity contribution in [2.24, 2.45) is 0 Å². The molecular formula is C38H38O4. The average Bonchev–Trinajstić information content (AvgIpc) is 3.03. The van der Waals surface area contributed by atoms with Gasteiger partial charge in [0.1, 0.15) is 12.4 Å². The Labute approximate surface area is 249 Å². The van der Waals surface area contributed by atoms with Crippen molar-refractivity contribution in [2.75, 3.05) is 19.8 Å². The van der Waals surface area contributed by atoms with Gasteiger partial charge in [-0.1, -0.05) is 103 Å². The van der Waals surface area contributed by atoms with Gasteiger partial charge in [0.15, 0.2) is 6.10 Å². The first-order valence-corrected chi connectivity index (χ1v) is 14.4. The predicted octanol–water partition coefficient (Wildman–Crippen LogP) is 8.63. The van der Waals surface area contributed by atoms with E-state index in [1.807, 2.05) is 73.7 Å². The lowest BCUT2D eigenvalue weighted by atomic mass is 10.0. The molecule has 0 aliphatic carbocycles. The summed E-state index contributed by atoms with van der Waals surface area (Å²) < 4.78 is 16.7. The Morgan fingerprint density at radius 1 is 0.643 bits per heavy atom. The van der Waals surface area contributed by atoms with Crippen LogP contribution in [-0.4, -0.2) is 31.9 Å². The molecule has 0 N–H and O–H groups in total. The summed E-state index contributed by atoms with van der Waals surface area (Å²) in [4.78, 5) is 12.2. The minimum absolute atomic E-state index is 0.330. The molecule has 0 saturated heterocycles. The van der Waals surface area contributed by atoms with Gasteiger partial charge in [0, 0.05) is 13.0 Å². The fourth-order valence-electron chi connectivity index (χ4n) is 4.42. The molecule has 0 amide bonds. The molecule has 4 rings (SSSR count). The molecule has 1 unspecified atom stereocenters. The maximum atomic E-state index is 12.2. The minimum Gasteiger partial charge on any atom is -0.490 e. The Bertz CT molecular complexity index is 1400. The molecule has 4 aromatic carbocycles. The fraction of sp³-hybridized carbons (Fsp3) is 0.184. The quantitative estimate of drug-likeness (QED) is 0.115. The van der Waals surface area contributed by atoms with Gasteiger partial charge in [-0.25, -0.2) is 4.79 Å². The molecule has 0 aromatic heterocycles. The monoisotopic (exact) mass is 558 g/mol. The van der Waals surface area contributed by atoms with E-state index in [-0.39, 0.29) is 5.97 Å². The molecule has 0 spiro atoms. The number of ether oxygens (including phenoxy) is 3. The van der Waals surface area contributed by atoms with E-state index in [9.17, 15) is 4.79 Å². The zero-order valence-electron chi connectivity index (χ0n) is 24.3. The number of carbonyl (C=O) groups is 1. The van der Waals surface area contributed by atoms with E-state index in [1.54, 1.807) is 6.92 Å². The Kier molecular flexibility index (Phi) is 11.9. The van der Waals surface area contributed by atoms with Crippen molar-refractivity contribution in [3.05, 3.63) is 143 Å². The van der Waals surface area contributed by atoms with Crippen LogP contribution in [0.15, 0.2) is 109 Å². The summed E-state index contributed by atoms with van der Waals surface area (Å²) in [5, 5.41) is 0. The first-order valence-electron chi connectivity index (χ1n) is 14.4. The van der Waals surface area contributed by atoms with Crippen LogP contribution in [0, 0.1) is 0 Å². The zero-order chi connectivity index (χ0) is 29.4.